The van der Waals surface area contributed by atoms with E-state index in [0.717, 1.165) is 29.6 Å². The summed E-state index contributed by atoms with van der Waals surface area (Å²) in [5, 5.41) is 9.91. The Morgan fingerprint density at radius 2 is 1.70 bits per heavy atom. The third-order valence-corrected chi connectivity index (χ3v) is 5.29. The second-order valence-corrected chi connectivity index (χ2v) is 6.80. The van der Waals surface area contributed by atoms with Crippen molar-refractivity contribution in [1.29, 1.82) is 0 Å². The van der Waals surface area contributed by atoms with E-state index in [-0.39, 0.29) is 0 Å². The van der Waals surface area contributed by atoms with Crippen molar-refractivity contribution in [3.8, 4) is 5.75 Å². The fourth-order valence-corrected chi connectivity index (χ4v) is 4.30. The number of hydrogen-bond acceptors (Lipinski definition) is 2. The predicted molar refractivity (Wildman–Crippen MR) is 83.0 cm³/mol. The lowest BCUT2D eigenvalue weighted by atomic mass is 9.78. The highest BCUT2D eigenvalue weighted by atomic mass is 16.3. The molecule has 0 spiro atoms. The molecule has 2 atom stereocenters. The van der Waals surface area contributed by atoms with Crippen LogP contribution in [0, 0.1) is 19.8 Å². The molecule has 1 aliphatic heterocycles. The van der Waals surface area contributed by atoms with E-state index >= 15 is 0 Å². The van der Waals surface area contributed by atoms with Crippen LogP contribution in [-0.2, 0) is 6.54 Å². The first kappa shape index (κ1) is 13.9. The molecule has 2 heteroatoms. The van der Waals surface area contributed by atoms with Crippen molar-refractivity contribution >= 4 is 0 Å². The Labute approximate surface area is 122 Å². The zero-order valence-corrected chi connectivity index (χ0v) is 12.9. The minimum atomic E-state index is 0.461. The predicted octanol–water partition coefficient (Wildman–Crippen LogP) is 4.16. The molecule has 0 radical (unpaired) electrons. The average Bonchev–Trinajstić information content (AvgIpc) is 2.45. The van der Waals surface area contributed by atoms with Crippen LogP contribution < -0.4 is 0 Å². The van der Waals surface area contributed by atoms with Gasteiger partial charge in [-0.3, -0.25) is 4.90 Å². The third-order valence-electron chi connectivity index (χ3n) is 5.29. The minimum Gasteiger partial charge on any atom is -0.507 e. The van der Waals surface area contributed by atoms with Crippen molar-refractivity contribution in [3.63, 3.8) is 0 Å². The van der Waals surface area contributed by atoms with E-state index in [2.05, 4.69) is 17.0 Å². The van der Waals surface area contributed by atoms with E-state index in [1.807, 2.05) is 13.8 Å². The Hall–Kier alpha value is -1.02. The number of hydrogen-bond donors (Lipinski definition) is 1. The van der Waals surface area contributed by atoms with Crippen molar-refractivity contribution in [2.45, 2.75) is 65.0 Å². The largest absolute Gasteiger partial charge is 0.507 e. The summed E-state index contributed by atoms with van der Waals surface area (Å²) in [4.78, 5) is 2.71. The Balaban J connectivity index is 1.76. The Morgan fingerprint density at radius 3 is 2.45 bits per heavy atom. The number of fused-ring (bicyclic) bond motifs is 1. The van der Waals surface area contributed by atoms with Crippen molar-refractivity contribution in [2.75, 3.05) is 6.54 Å². The van der Waals surface area contributed by atoms with Gasteiger partial charge >= 0.3 is 0 Å². The van der Waals surface area contributed by atoms with E-state index in [9.17, 15) is 5.11 Å². The lowest BCUT2D eigenvalue weighted by molar-refractivity contribution is 0.0547. The second kappa shape index (κ2) is 5.77. The van der Waals surface area contributed by atoms with E-state index in [0.29, 0.717) is 5.75 Å². The molecule has 20 heavy (non-hydrogen) atoms. The molecule has 0 aromatic heterocycles. The molecule has 1 N–H and O–H groups in total. The summed E-state index contributed by atoms with van der Waals surface area (Å²) in [6, 6.07) is 5.13. The third kappa shape index (κ3) is 2.71. The average molecular weight is 273 g/mol. The second-order valence-electron chi connectivity index (χ2n) is 6.80. The molecule has 2 aliphatic rings. The molecule has 1 aromatic rings. The molecule has 2 nitrogen and oxygen atoms in total. The first-order valence-electron chi connectivity index (χ1n) is 8.18. The van der Waals surface area contributed by atoms with E-state index in [4.69, 9.17) is 0 Å². The van der Waals surface area contributed by atoms with Gasteiger partial charge < -0.3 is 5.11 Å². The minimum absolute atomic E-state index is 0.461. The van der Waals surface area contributed by atoms with Gasteiger partial charge in [0.05, 0.1) is 0 Å². The highest BCUT2D eigenvalue weighted by molar-refractivity contribution is 5.42. The van der Waals surface area contributed by atoms with Gasteiger partial charge in [0.1, 0.15) is 5.75 Å². The van der Waals surface area contributed by atoms with Gasteiger partial charge in [-0.15, -0.1) is 0 Å². The summed E-state index contributed by atoms with van der Waals surface area (Å²) < 4.78 is 0. The van der Waals surface area contributed by atoms with Crippen LogP contribution in [0.5, 0.6) is 5.75 Å². The molecule has 1 aromatic carbocycles. The normalized spacial score (nSPS) is 27.3. The van der Waals surface area contributed by atoms with Gasteiger partial charge in [0.25, 0.3) is 0 Å². The maximum absolute atomic E-state index is 9.91. The van der Waals surface area contributed by atoms with Crippen LogP contribution in [-0.4, -0.2) is 22.6 Å². The van der Waals surface area contributed by atoms with Gasteiger partial charge in [-0.2, -0.15) is 0 Å². The maximum atomic E-state index is 9.91. The molecule has 1 heterocycles. The molecule has 1 saturated heterocycles. The Morgan fingerprint density at radius 1 is 1.05 bits per heavy atom. The molecule has 2 fully saturated rings. The molecule has 3 rings (SSSR count). The molecule has 110 valence electrons. The zero-order valence-electron chi connectivity index (χ0n) is 12.9. The van der Waals surface area contributed by atoms with Crippen LogP contribution in [0.25, 0.3) is 0 Å². The molecule has 0 unspecified atom stereocenters. The first-order chi connectivity index (χ1) is 9.65. The zero-order chi connectivity index (χ0) is 14.1. The smallest absolute Gasteiger partial charge is 0.121 e. The summed E-state index contributed by atoms with van der Waals surface area (Å²) in [5.41, 5.74) is 3.39. The number of nitrogens with zero attached hydrogens (tertiary/aromatic N) is 1. The first-order valence-corrected chi connectivity index (χ1v) is 8.18. The van der Waals surface area contributed by atoms with Gasteiger partial charge in [-0.25, -0.2) is 0 Å². The van der Waals surface area contributed by atoms with E-state index in [1.165, 1.54) is 50.6 Å². The van der Waals surface area contributed by atoms with Gasteiger partial charge in [0.15, 0.2) is 0 Å². The molecular formula is C18H27NO. The summed E-state index contributed by atoms with van der Waals surface area (Å²) in [5.74, 6) is 1.40. The fraction of sp³-hybridized carbons (Fsp3) is 0.667. The topological polar surface area (TPSA) is 23.5 Å². The van der Waals surface area contributed by atoms with Crippen molar-refractivity contribution < 1.29 is 5.11 Å². The van der Waals surface area contributed by atoms with Gasteiger partial charge in [0.2, 0.25) is 0 Å². The molecule has 0 bridgehead atoms. The summed E-state index contributed by atoms with van der Waals surface area (Å²) in [7, 11) is 0. The highest BCUT2D eigenvalue weighted by Crippen LogP contribution is 2.36. The van der Waals surface area contributed by atoms with Crippen LogP contribution in [0.15, 0.2) is 12.1 Å². The fourth-order valence-electron chi connectivity index (χ4n) is 4.30. The molecule has 1 saturated carbocycles. The number of aromatic hydroxyl groups is 1. The van der Waals surface area contributed by atoms with Crippen LogP contribution in [0.1, 0.15) is 55.2 Å². The number of piperidine rings is 1. The quantitative estimate of drug-likeness (QED) is 0.874. The van der Waals surface area contributed by atoms with Crippen LogP contribution in [0.3, 0.4) is 0 Å². The summed E-state index contributed by atoms with van der Waals surface area (Å²) in [6.07, 6.45) is 8.47. The lowest BCUT2D eigenvalue weighted by Crippen LogP contribution is -2.46. The van der Waals surface area contributed by atoms with Crippen molar-refractivity contribution in [1.82, 2.24) is 4.90 Å². The van der Waals surface area contributed by atoms with Crippen molar-refractivity contribution in [2.24, 2.45) is 5.92 Å². The molecule has 1 aliphatic carbocycles. The standard InChI is InChI=1S/C18H27NO/c1-13-10-15(11-14(2)18(13)20)12-19-9-5-7-16-6-3-4-8-17(16)19/h10-11,16-17,20H,3-9,12H2,1-2H3/t16-,17-/m1/s1. The lowest BCUT2D eigenvalue weighted by Gasteiger charge is -2.44. The number of likely N-dealkylation sites (tertiary alicyclic amines) is 1. The number of aryl methyl sites for hydroxylation is 2. The van der Waals surface area contributed by atoms with Crippen LogP contribution in [0.2, 0.25) is 0 Å². The summed E-state index contributed by atoms with van der Waals surface area (Å²) in [6.45, 7) is 6.32. The Bertz CT molecular complexity index is 457. The highest BCUT2D eigenvalue weighted by Gasteiger charge is 2.32. The van der Waals surface area contributed by atoms with E-state index < -0.39 is 0 Å². The number of phenols is 1. The van der Waals surface area contributed by atoms with E-state index in [1.54, 1.807) is 0 Å². The Kier molecular flexibility index (Phi) is 4.02. The SMILES string of the molecule is Cc1cc(CN2CCC[C@H]3CCCC[C@H]32)cc(C)c1O. The maximum Gasteiger partial charge on any atom is 0.121 e. The number of phenolic OH excluding ortho intramolecular Hbond substituents is 1. The number of rotatable bonds is 2. The van der Waals surface area contributed by atoms with Gasteiger partial charge in [-0.05, 0) is 68.7 Å². The van der Waals surface area contributed by atoms with Gasteiger partial charge in [0, 0.05) is 12.6 Å². The van der Waals surface area contributed by atoms with Crippen LogP contribution in [0.4, 0.5) is 0 Å². The molecular weight excluding hydrogens is 246 g/mol. The van der Waals surface area contributed by atoms with Gasteiger partial charge in [-0.1, -0.05) is 25.0 Å². The monoisotopic (exact) mass is 273 g/mol. The van der Waals surface area contributed by atoms with Crippen molar-refractivity contribution in [3.05, 3.63) is 28.8 Å². The van der Waals surface area contributed by atoms with Crippen LogP contribution >= 0.6 is 0 Å². The number of benzene rings is 1. The molecule has 0 amide bonds. The summed E-state index contributed by atoms with van der Waals surface area (Å²) >= 11 is 0.